The van der Waals surface area contributed by atoms with Crippen molar-refractivity contribution >= 4 is 11.7 Å². The summed E-state index contributed by atoms with van der Waals surface area (Å²) in [6.45, 7) is 1.38. The van der Waals surface area contributed by atoms with Crippen LogP contribution >= 0.6 is 0 Å². The molecule has 1 fully saturated rings. The zero-order chi connectivity index (χ0) is 16.2. The molecule has 2 aromatic heterocycles. The zero-order valence-corrected chi connectivity index (χ0v) is 13.2. The lowest BCUT2D eigenvalue weighted by Crippen LogP contribution is -2.33. The fraction of sp³-hybridized carbons (Fsp3) is 0.500. The predicted octanol–water partition coefficient (Wildman–Crippen LogP) is -0.186. The smallest absolute Gasteiger partial charge is 0.244 e. The van der Waals surface area contributed by atoms with Crippen LogP contribution in [0.25, 0.3) is 0 Å². The molecular formula is C14H19N7O2. The van der Waals surface area contributed by atoms with Crippen molar-refractivity contribution in [2.24, 2.45) is 0 Å². The van der Waals surface area contributed by atoms with E-state index >= 15 is 0 Å². The van der Waals surface area contributed by atoms with Crippen molar-refractivity contribution in [1.29, 1.82) is 0 Å². The number of likely N-dealkylation sites (tertiary alicyclic amines) is 1. The molecule has 0 bridgehead atoms. The fourth-order valence-corrected chi connectivity index (χ4v) is 2.53. The minimum atomic E-state index is -0.0317. The minimum Gasteiger partial charge on any atom is -0.485 e. The first-order chi connectivity index (χ1) is 11.1. The lowest BCUT2D eigenvalue weighted by molar-refractivity contribution is -0.131. The third-order valence-corrected chi connectivity index (χ3v) is 3.65. The van der Waals surface area contributed by atoms with Crippen molar-refractivity contribution in [3.8, 4) is 5.75 Å². The average Bonchev–Trinajstić information content (AvgIpc) is 3.19. The van der Waals surface area contributed by atoms with Gasteiger partial charge in [-0.2, -0.15) is 0 Å². The minimum absolute atomic E-state index is 0.0116. The highest BCUT2D eigenvalue weighted by atomic mass is 16.5. The maximum Gasteiger partial charge on any atom is 0.244 e. The van der Waals surface area contributed by atoms with Gasteiger partial charge in [0, 0.05) is 33.3 Å². The van der Waals surface area contributed by atoms with Crippen molar-refractivity contribution in [2.75, 3.05) is 32.1 Å². The first-order valence-corrected chi connectivity index (χ1v) is 7.41. The highest BCUT2D eigenvalue weighted by Crippen LogP contribution is 2.26. The van der Waals surface area contributed by atoms with Gasteiger partial charge in [0.2, 0.25) is 5.91 Å². The van der Waals surface area contributed by atoms with Crippen LogP contribution in [-0.2, 0) is 11.3 Å². The number of rotatable bonds is 5. The van der Waals surface area contributed by atoms with Crippen molar-refractivity contribution in [2.45, 2.75) is 19.1 Å². The molecule has 0 radical (unpaired) electrons. The van der Waals surface area contributed by atoms with Gasteiger partial charge in [-0.15, -0.1) is 5.10 Å². The van der Waals surface area contributed by atoms with Crippen molar-refractivity contribution in [3.05, 3.63) is 24.7 Å². The Kier molecular flexibility index (Phi) is 4.35. The van der Waals surface area contributed by atoms with Crippen LogP contribution in [0.4, 0.5) is 5.82 Å². The largest absolute Gasteiger partial charge is 0.485 e. The molecule has 3 rings (SSSR count). The molecule has 9 nitrogen and oxygen atoms in total. The monoisotopic (exact) mass is 317 g/mol. The molecule has 2 aromatic rings. The fourth-order valence-electron chi connectivity index (χ4n) is 2.53. The van der Waals surface area contributed by atoms with E-state index in [1.165, 1.54) is 11.0 Å². The third-order valence-electron chi connectivity index (χ3n) is 3.65. The van der Waals surface area contributed by atoms with Crippen LogP contribution in [-0.4, -0.2) is 69.3 Å². The van der Waals surface area contributed by atoms with E-state index < -0.39 is 0 Å². The Morgan fingerprint density at radius 3 is 3.09 bits per heavy atom. The second-order valence-corrected chi connectivity index (χ2v) is 5.60. The Balaban J connectivity index is 1.59. The standard InChI is InChI=1S/C14H19N7O2/c1-19(2)14-12(4-3-6-15-14)23-11-5-7-20(8-11)13(22)9-21-10-16-17-18-21/h3-4,6,10-11H,5,7-9H2,1-2H3/t11-/m0/s1. The highest BCUT2D eigenvalue weighted by molar-refractivity contribution is 5.76. The molecule has 0 aromatic carbocycles. The number of aromatic nitrogens is 5. The summed E-state index contributed by atoms with van der Waals surface area (Å²) in [4.78, 5) is 20.2. The lowest BCUT2D eigenvalue weighted by atomic mass is 10.3. The topological polar surface area (TPSA) is 89.3 Å². The summed E-state index contributed by atoms with van der Waals surface area (Å²) in [7, 11) is 3.84. The van der Waals surface area contributed by atoms with E-state index in [-0.39, 0.29) is 18.6 Å². The van der Waals surface area contributed by atoms with Gasteiger partial charge in [0.25, 0.3) is 0 Å². The van der Waals surface area contributed by atoms with Crippen molar-refractivity contribution in [3.63, 3.8) is 0 Å². The van der Waals surface area contributed by atoms with Gasteiger partial charge in [-0.3, -0.25) is 4.79 Å². The SMILES string of the molecule is CN(C)c1ncccc1O[C@H]1CCN(C(=O)Cn2cnnn2)C1. The molecule has 0 saturated carbocycles. The third kappa shape index (κ3) is 3.55. The second kappa shape index (κ2) is 6.59. The van der Waals surface area contributed by atoms with Gasteiger partial charge in [0.15, 0.2) is 11.6 Å². The van der Waals surface area contributed by atoms with Crippen LogP contribution in [0.1, 0.15) is 6.42 Å². The number of carbonyl (C=O) groups excluding carboxylic acids is 1. The second-order valence-electron chi connectivity index (χ2n) is 5.60. The summed E-state index contributed by atoms with van der Waals surface area (Å²) in [5, 5.41) is 10.8. The Labute approximate surface area is 133 Å². The molecule has 1 aliphatic heterocycles. The van der Waals surface area contributed by atoms with Crippen LogP contribution < -0.4 is 9.64 Å². The summed E-state index contributed by atoms with van der Waals surface area (Å²) in [6.07, 6.45) is 3.93. The number of anilines is 1. The van der Waals surface area contributed by atoms with Crippen LogP contribution in [0.15, 0.2) is 24.7 Å². The average molecular weight is 317 g/mol. The molecular weight excluding hydrogens is 298 g/mol. The van der Waals surface area contributed by atoms with E-state index in [1.54, 1.807) is 11.1 Å². The molecule has 3 heterocycles. The first kappa shape index (κ1) is 15.2. The van der Waals surface area contributed by atoms with Crippen LogP contribution in [0.3, 0.4) is 0 Å². The van der Waals surface area contributed by atoms with Gasteiger partial charge in [-0.05, 0) is 22.6 Å². The number of carbonyl (C=O) groups is 1. The van der Waals surface area contributed by atoms with E-state index in [0.29, 0.717) is 13.1 Å². The molecule has 0 aliphatic carbocycles. The van der Waals surface area contributed by atoms with E-state index in [2.05, 4.69) is 20.5 Å². The van der Waals surface area contributed by atoms with Gasteiger partial charge >= 0.3 is 0 Å². The number of tetrazole rings is 1. The number of hydrogen-bond acceptors (Lipinski definition) is 7. The van der Waals surface area contributed by atoms with E-state index in [0.717, 1.165) is 18.0 Å². The molecule has 122 valence electrons. The van der Waals surface area contributed by atoms with Gasteiger partial charge in [0.05, 0.1) is 6.54 Å². The molecule has 9 heteroatoms. The molecule has 1 saturated heterocycles. The predicted molar refractivity (Wildman–Crippen MR) is 82.0 cm³/mol. The maximum absolute atomic E-state index is 12.2. The number of amides is 1. The summed E-state index contributed by atoms with van der Waals surface area (Å²) in [5.41, 5.74) is 0. The van der Waals surface area contributed by atoms with E-state index in [4.69, 9.17) is 4.74 Å². The summed E-state index contributed by atoms with van der Waals surface area (Å²) in [6, 6.07) is 3.74. The van der Waals surface area contributed by atoms with Crippen LogP contribution in [0.2, 0.25) is 0 Å². The van der Waals surface area contributed by atoms with E-state index in [9.17, 15) is 4.79 Å². The van der Waals surface area contributed by atoms with Crippen LogP contribution in [0.5, 0.6) is 5.75 Å². The Bertz CT molecular complexity index is 659. The van der Waals surface area contributed by atoms with E-state index in [1.807, 2.05) is 31.1 Å². The Morgan fingerprint density at radius 1 is 1.48 bits per heavy atom. The Morgan fingerprint density at radius 2 is 2.35 bits per heavy atom. The Hall–Kier alpha value is -2.71. The zero-order valence-electron chi connectivity index (χ0n) is 13.2. The lowest BCUT2D eigenvalue weighted by Gasteiger charge is -2.20. The maximum atomic E-state index is 12.2. The number of pyridine rings is 1. The number of ether oxygens (including phenoxy) is 1. The van der Waals surface area contributed by atoms with Crippen LogP contribution in [0, 0.1) is 0 Å². The first-order valence-electron chi connectivity index (χ1n) is 7.41. The molecule has 0 spiro atoms. The van der Waals surface area contributed by atoms with Gasteiger partial charge in [-0.25, -0.2) is 9.67 Å². The van der Waals surface area contributed by atoms with Gasteiger partial charge in [-0.1, -0.05) is 0 Å². The molecule has 1 atom stereocenters. The molecule has 1 aliphatic rings. The molecule has 1 amide bonds. The van der Waals surface area contributed by atoms with Gasteiger partial charge in [0.1, 0.15) is 19.0 Å². The van der Waals surface area contributed by atoms with Crippen molar-refractivity contribution < 1.29 is 9.53 Å². The molecule has 23 heavy (non-hydrogen) atoms. The molecule has 0 unspecified atom stereocenters. The van der Waals surface area contributed by atoms with Gasteiger partial charge < -0.3 is 14.5 Å². The van der Waals surface area contributed by atoms with Crippen molar-refractivity contribution in [1.82, 2.24) is 30.1 Å². The molecule has 0 N–H and O–H groups in total. The summed E-state index contributed by atoms with van der Waals surface area (Å²) < 4.78 is 7.46. The highest BCUT2D eigenvalue weighted by Gasteiger charge is 2.28. The summed E-state index contributed by atoms with van der Waals surface area (Å²) in [5.74, 6) is 1.51. The number of hydrogen-bond donors (Lipinski definition) is 0. The quantitative estimate of drug-likeness (QED) is 0.755. The summed E-state index contributed by atoms with van der Waals surface area (Å²) >= 11 is 0. The normalized spacial score (nSPS) is 17.3. The number of nitrogens with zero attached hydrogens (tertiary/aromatic N) is 7.